The number of hydrogen-bond acceptors (Lipinski definition) is 6. The van der Waals surface area contributed by atoms with Gasteiger partial charge in [0.05, 0.1) is 12.1 Å². The first-order chi connectivity index (χ1) is 16.0. The van der Waals surface area contributed by atoms with Crippen LogP contribution in [-0.2, 0) is 6.42 Å². The number of nitrogens with one attached hydrogen (secondary N) is 1. The van der Waals surface area contributed by atoms with Crippen molar-refractivity contribution in [2.75, 3.05) is 36.5 Å². The monoisotopic (exact) mass is 448 g/mol. The number of nitrogens with two attached hydrogens (primary N) is 1. The van der Waals surface area contributed by atoms with Crippen molar-refractivity contribution in [3.05, 3.63) is 77.5 Å². The van der Waals surface area contributed by atoms with Gasteiger partial charge in [-0.15, -0.1) is 0 Å². The second-order valence-corrected chi connectivity index (χ2v) is 7.40. The van der Waals surface area contributed by atoms with Gasteiger partial charge in [0.15, 0.2) is 11.6 Å². The lowest BCUT2D eigenvalue weighted by Crippen LogP contribution is -2.41. The molecule has 170 valence electrons. The maximum absolute atomic E-state index is 12.8. The molecule has 4 rings (SSSR count). The fourth-order valence-corrected chi connectivity index (χ4v) is 3.53. The van der Waals surface area contributed by atoms with Crippen molar-refractivity contribution in [1.82, 2.24) is 4.98 Å². The minimum absolute atomic E-state index is 0.163. The molecule has 4 N–H and O–H groups in total. The number of nitrogens with zero attached hydrogens (tertiary/aromatic N) is 2. The lowest BCUT2D eigenvalue weighted by molar-refractivity contribution is 0.0696. The second kappa shape index (κ2) is 10.0. The molecule has 0 unspecified atom stereocenters. The molecular formula is C24H24N4O5. The van der Waals surface area contributed by atoms with Crippen LogP contribution < -0.4 is 25.4 Å². The summed E-state index contributed by atoms with van der Waals surface area (Å²) in [7, 11) is 0. The van der Waals surface area contributed by atoms with Crippen molar-refractivity contribution in [1.29, 1.82) is 0 Å². The highest BCUT2D eigenvalue weighted by molar-refractivity contribution is 6.02. The zero-order valence-electron chi connectivity index (χ0n) is 17.9. The molecule has 2 aromatic carbocycles. The minimum atomic E-state index is -1.02. The number of para-hydroxylation sites is 1. The molecule has 0 bridgehead atoms. The SMILES string of the molecule is NCCOc1ccc(C(=O)O)cc1Cc1cnc2c(c1)OCCN2C(=O)Nc1ccccc1. The fraction of sp³-hybridized carbons (Fsp3) is 0.208. The molecule has 0 fully saturated rings. The molecule has 1 aliphatic rings. The van der Waals surface area contributed by atoms with Crippen LogP contribution in [0.4, 0.5) is 16.3 Å². The Kier molecular flexibility index (Phi) is 6.70. The Bertz CT molecular complexity index is 1150. The number of aromatic nitrogens is 1. The third kappa shape index (κ3) is 5.21. The summed E-state index contributed by atoms with van der Waals surface area (Å²) in [4.78, 5) is 30.2. The summed E-state index contributed by atoms with van der Waals surface area (Å²) >= 11 is 0. The fourth-order valence-electron chi connectivity index (χ4n) is 3.53. The first kappa shape index (κ1) is 22.1. The summed E-state index contributed by atoms with van der Waals surface area (Å²) in [5.74, 6) is 0.458. The van der Waals surface area contributed by atoms with Gasteiger partial charge in [-0.1, -0.05) is 18.2 Å². The molecule has 9 heteroatoms. The summed E-state index contributed by atoms with van der Waals surface area (Å²) in [6.45, 7) is 1.36. The average molecular weight is 448 g/mol. The molecule has 0 atom stereocenters. The number of aromatic carboxylic acids is 1. The van der Waals surface area contributed by atoms with Crippen molar-refractivity contribution < 1.29 is 24.2 Å². The summed E-state index contributed by atoms with van der Waals surface area (Å²) < 4.78 is 11.4. The van der Waals surface area contributed by atoms with Crippen LogP contribution in [0.2, 0.25) is 0 Å². The predicted molar refractivity (Wildman–Crippen MR) is 123 cm³/mol. The predicted octanol–water partition coefficient (Wildman–Crippen LogP) is 3.14. The van der Waals surface area contributed by atoms with Crippen LogP contribution in [0.25, 0.3) is 0 Å². The topological polar surface area (TPSA) is 127 Å². The number of fused-ring (bicyclic) bond motifs is 1. The largest absolute Gasteiger partial charge is 0.492 e. The van der Waals surface area contributed by atoms with Crippen LogP contribution in [0.5, 0.6) is 11.5 Å². The molecule has 0 aliphatic carbocycles. The van der Waals surface area contributed by atoms with E-state index < -0.39 is 5.97 Å². The lowest BCUT2D eigenvalue weighted by atomic mass is 10.0. The molecule has 0 spiro atoms. The molecular weight excluding hydrogens is 424 g/mol. The number of hydrogen-bond donors (Lipinski definition) is 3. The number of amides is 2. The van der Waals surface area contributed by atoms with Gasteiger partial charge in [0.25, 0.3) is 0 Å². The summed E-state index contributed by atoms with van der Waals surface area (Å²) in [5, 5.41) is 12.2. The van der Waals surface area contributed by atoms with Gasteiger partial charge < -0.3 is 25.6 Å². The molecule has 1 aromatic heterocycles. The summed E-state index contributed by atoms with van der Waals surface area (Å²) in [6, 6.07) is 15.4. The standard InChI is InChI=1S/C24H24N4O5/c25-8-10-32-20-7-6-17(23(29)30)14-18(20)12-16-13-21-22(26-15-16)28(9-11-33-21)24(31)27-19-4-2-1-3-5-19/h1-7,13-15H,8-12,25H2,(H,27,31)(H,29,30). The number of benzene rings is 2. The summed E-state index contributed by atoms with van der Waals surface area (Å²) in [5.41, 5.74) is 7.87. The van der Waals surface area contributed by atoms with E-state index in [9.17, 15) is 14.7 Å². The van der Waals surface area contributed by atoms with Crippen molar-refractivity contribution in [3.8, 4) is 11.5 Å². The Labute approximate surface area is 190 Å². The number of anilines is 2. The van der Waals surface area contributed by atoms with Gasteiger partial charge in [-0.05, 0) is 47.5 Å². The second-order valence-electron chi connectivity index (χ2n) is 7.40. The molecule has 0 radical (unpaired) electrons. The maximum Gasteiger partial charge on any atom is 0.335 e. The van der Waals surface area contributed by atoms with Gasteiger partial charge in [-0.3, -0.25) is 4.90 Å². The number of carboxylic acids is 1. The van der Waals surface area contributed by atoms with Crippen molar-refractivity contribution >= 4 is 23.5 Å². The number of carbonyl (C=O) groups excluding carboxylic acids is 1. The lowest BCUT2D eigenvalue weighted by Gasteiger charge is -2.28. The minimum Gasteiger partial charge on any atom is -0.492 e. The molecule has 3 aromatic rings. The maximum atomic E-state index is 12.8. The number of carbonyl (C=O) groups is 2. The highest BCUT2D eigenvalue weighted by Crippen LogP contribution is 2.32. The Morgan fingerprint density at radius 3 is 2.76 bits per heavy atom. The zero-order chi connectivity index (χ0) is 23.2. The van der Waals surface area contributed by atoms with E-state index in [0.717, 1.165) is 5.56 Å². The first-order valence-corrected chi connectivity index (χ1v) is 10.5. The van der Waals surface area contributed by atoms with Gasteiger partial charge in [0.2, 0.25) is 0 Å². The van der Waals surface area contributed by atoms with Crippen LogP contribution >= 0.6 is 0 Å². The number of urea groups is 1. The number of pyridine rings is 1. The van der Waals surface area contributed by atoms with E-state index in [-0.39, 0.29) is 11.6 Å². The molecule has 33 heavy (non-hydrogen) atoms. The van der Waals surface area contributed by atoms with E-state index in [1.807, 2.05) is 36.4 Å². The molecule has 0 saturated heterocycles. The van der Waals surface area contributed by atoms with Crippen molar-refractivity contribution in [3.63, 3.8) is 0 Å². The smallest absolute Gasteiger partial charge is 0.335 e. The molecule has 1 aliphatic heterocycles. The van der Waals surface area contributed by atoms with Gasteiger partial charge in [0.1, 0.15) is 19.0 Å². The van der Waals surface area contributed by atoms with E-state index in [1.54, 1.807) is 18.3 Å². The van der Waals surface area contributed by atoms with Crippen LogP contribution in [0.1, 0.15) is 21.5 Å². The van der Waals surface area contributed by atoms with Crippen LogP contribution in [-0.4, -0.2) is 48.4 Å². The van der Waals surface area contributed by atoms with Crippen molar-refractivity contribution in [2.45, 2.75) is 6.42 Å². The van der Waals surface area contributed by atoms with Crippen LogP contribution in [0.15, 0.2) is 60.8 Å². The zero-order valence-corrected chi connectivity index (χ0v) is 17.9. The van der Waals surface area contributed by atoms with Crippen molar-refractivity contribution in [2.24, 2.45) is 5.73 Å². The third-order valence-corrected chi connectivity index (χ3v) is 5.07. The van der Waals surface area contributed by atoms with Gasteiger partial charge in [-0.25, -0.2) is 14.6 Å². The molecule has 0 saturated carbocycles. The third-order valence-electron chi connectivity index (χ3n) is 5.07. The van der Waals surface area contributed by atoms with E-state index >= 15 is 0 Å². The number of carboxylic acid groups (broad SMARTS) is 1. The molecule has 9 nitrogen and oxygen atoms in total. The number of rotatable bonds is 7. The highest BCUT2D eigenvalue weighted by Gasteiger charge is 2.26. The number of ether oxygens (including phenoxy) is 2. The van der Waals surface area contributed by atoms with Crippen LogP contribution in [0.3, 0.4) is 0 Å². The van der Waals surface area contributed by atoms with Gasteiger partial charge in [-0.2, -0.15) is 0 Å². The first-order valence-electron chi connectivity index (χ1n) is 10.5. The van der Waals surface area contributed by atoms with E-state index in [2.05, 4.69) is 10.3 Å². The Morgan fingerprint density at radius 1 is 1.18 bits per heavy atom. The van der Waals surface area contributed by atoms with E-state index in [4.69, 9.17) is 15.2 Å². The Hall–Kier alpha value is -4.11. The Balaban J connectivity index is 1.56. The van der Waals surface area contributed by atoms with Crippen LogP contribution in [0, 0.1) is 0 Å². The van der Waals surface area contributed by atoms with Gasteiger partial charge >= 0.3 is 12.0 Å². The Morgan fingerprint density at radius 2 is 2.00 bits per heavy atom. The van der Waals surface area contributed by atoms with E-state index in [0.29, 0.717) is 61.3 Å². The molecule has 2 heterocycles. The highest BCUT2D eigenvalue weighted by atomic mass is 16.5. The average Bonchev–Trinajstić information content (AvgIpc) is 2.83. The summed E-state index contributed by atoms with van der Waals surface area (Å²) in [6.07, 6.45) is 2.03. The normalized spacial score (nSPS) is 12.5. The van der Waals surface area contributed by atoms with Gasteiger partial charge in [0, 0.05) is 24.8 Å². The molecule has 2 amide bonds. The van der Waals surface area contributed by atoms with E-state index in [1.165, 1.54) is 11.0 Å². The quantitative estimate of drug-likeness (QED) is 0.507.